The van der Waals surface area contributed by atoms with Crippen LogP contribution in [0.4, 0.5) is 5.82 Å². The van der Waals surface area contributed by atoms with Crippen LogP contribution in [0.3, 0.4) is 0 Å². The normalized spacial score (nSPS) is 12.0. The lowest BCUT2D eigenvalue weighted by Crippen LogP contribution is -2.47. The molecule has 22 heavy (non-hydrogen) atoms. The summed E-state index contributed by atoms with van der Waals surface area (Å²) in [6.45, 7) is 5.64. The third kappa shape index (κ3) is 4.14. The van der Waals surface area contributed by atoms with Crippen LogP contribution < -0.4 is 10.6 Å². The topological polar surface area (TPSA) is 71.1 Å². The zero-order valence-electron chi connectivity index (χ0n) is 12.8. The molecule has 2 aromatic rings. The number of carbonyl (C=O) groups excluding carboxylic acids is 2. The fourth-order valence-electron chi connectivity index (χ4n) is 1.97. The first kappa shape index (κ1) is 16.2. The van der Waals surface area contributed by atoms with E-state index in [9.17, 15) is 9.59 Å². The number of nitrogens with zero attached hydrogens (tertiary/aromatic N) is 1. The van der Waals surface area contributed by atoms with Gasteiger partial charge in [0.05, 0.1) is 4.88 Å². The van der Waals surface area contributed by atoms with Crippen LogP contribution in [0.15, 0.2) is 35.7 Å². The molecule has 116 valence electrons. The second-order valence-electron chi connectivity index (χ2n) is 5.33. The van der Waals surface area contributed by atoms with Gasteiger partial charge >= 0.3 is 0 Å². The van der Waals surface area contributed by atoms with Crippen molar-refractivity contribution in [1.82, 2.24) is 10.3 Å². The minimum absolute atomic E-state index is 0.0336. The average Bonchev–Trinajstić information content (AvgIpc) is 2.98. The van der Waals surface area contributed by atoms with Gasteiger partial charge in [-0.05, 0) is 36.4 Å². The van der Waals surface area contributed by atoms with Gasteiger partial charge in [0.25, 0.3) is 5.91 Å². The molecule has 2 heterocycles. The zero-order chi connectivity index (χ0) is 16.1. The first-order valence-electron chi connectivity index (χ1n) is 7.06. The molecule has 2 amide bonds. The maximum Gasteiger partial charge on any atom is 0.262 e. The summed E-state index contributed by atoms with van der Waals surface area (Å²) >= 11 is 1.35. The van der Waals surface area contributed by atoms with Gasteiger partial charge in [0.2, 0.25) is 5.91 Å². The summed E-state index contributed by atoms with van der Waals surface area (Å²) in [4.78, 5) is 29.4. The number of aryl methyl sites for hydroxylation is 1. The molecule has 0 bridgehead atoms. The van der Waals surface area contributed by atoms with Crippen LogP contribution in [0, 0.1) is 12.8 Å². The lowest BCUT2D eigenvalue weighted by atomic mass is 10.0. The van der Waals surface area contributed by atoms with Gasteiger partial charge in [0.15, 0.2) is 0 Å². The minimum atomic E-state index is -0.614. The summed E-state index contributed by atoms with van der Waals surface area (Å²) in [5, 5.41) is 7.37. The SMILES string of the molecule is Cc1cccc(NC(=O)C(NC(=O)c2cccs2)C(C)C)n1. The molecular formula is C16H19N3O2S. The second kappa shape index (κ2) is 7.17. The van der Waals surface area contributed by atoms with Crippen molar-refractivity contribution < 1.29 is 9.59 Å². The molecule has 6 heteroatoms. The molecule has 2 rings (SSSR count). The Kier molecular flexibility index (Phi) is 5.27. The molecule has 2 aromatic heterocycles. The van der Waals surface area contributed by atoms with Crippen LogP contribution in [0.1, 0.15) is 29.2 Å². The van der Waals surface area contributed by atoms with Crippen LogP contribution in [0.2, 0.25) is 0 Å². The van der Waals surface area contributed by atoms with E-state index >= 15 is 0 Å². The van der Waals surface area contributed by atoms with Crippen molar-refractivity contribution in [3.8, 4) is 0 Å². The number of nitrogens with one attached hydrogen (secondary N) is 2. The highest BCUT2D eigenvalue weighted by Crippen LogP contribution is 2.12. The molecule has 0 saturated heterocycles. The predicted octanol–water partition coefficient (Wildman–Crippen LogP) is 2.84. The summed E-state index contributed by atoms with van der Waals surface area (Å²) in [5.74, 6) is -0.0474. The predicted molar refractivity (Wildman–Crippen MR) is 88.0 cm³/mol. The third-order valence-corrected chi connectivity index (χ3v) is 3.99. The molecule has 1 atom stereocenters. The highest BCUT2D eigenvalue weighted by molar-refractivity contribution is 7.12. The molecule has 0 fully saturated rings. The standard InChI is InChI=1S/C16H19N3O2S/c1-10(2)14(19-15(20)12-7-5-9-22-12)16(21)18-13-8-4-6-11(3)17-13/h4-10,14H,1-3H3,(H,19,20)(H,17,18,21). The van der Waals surface area contributed by atoms with Crippen LogP contribution in [0.25, 0.3) is 0 Å². The molecule has 0 saturated carbocycles. The molecule has 2 N–H and O–H groups in total. The molecule has 5 nitrogen and oxygen atoms in total. The van der Waals surface area contributed by atoms with E-state index in [1.807, 2.05) is 38.3 Å². The number of carbonyl (C=O) groups is 2. The Bertz CT molecular complexity index is 653. The third-order valence-electron chi connectivity index (χ3n) is 3.12. The molecule has 0 aliphatic heterocycles. The molecular weight excluding hydrogens is 298 g/mol. The number of pyridine rings is 1. The van der Waals surface area contributed by atoms with Crippen molar-refractivity contribution in [2.75, 3.05) is 5.32 Å². The van der Waals surface area contributed by atoms with E-state index < -0.39 is 6.04 Å². The summed E-state index contributed by atoms with van der Waals surface area (Å²) < 4.78 is 0. The lowest BCUT2D eigenvalue weighted by Gasteiger charge is -2.21. The average molecular weight is 317 g/mol. The van der Waals surface area contributed by atoms with Crippen LogP contribution in [-0.4, -0.2) is 22.8 Å². The number of hydrogen-bond donors (Lipinski definition) is 2. The van der Waals surface area contributed by atoms with Crippen LogP contribution in [0.5, 0.6) is 0 Å². The number of rotatable bonds is 5. The van der Waals surface area contributed by atoms with Crippen molar-refractivity contribution in [1.29, 1.82) is 0 Å². The monoisotopic (exact) mass is 317 g/mol. The number of amides is 2. The summed E-state index contributed by atoms with van der Waals surface area (Å²) in [6.07, 6.45) is 0. The van der Waals surface area contributed by atoms with E-state index in [1.165, 1.54) is 11.3 Å². The van der Waals surface area contributed by atoms with Crippen molar-refractivity contribution in [2.45, 2.75) is 26.8 Å². The Balaban J connectivity index is 2.07. The van der Waals surface area contributed by atoms with Crippen molar-refractivity contribution >= 4 is 29.0 Å². The Morgan fingerprint density at radius 3 is 2.55 bits per heavy atom. The Labute approximate surface area is 133 Å². The van der Waals surface area contributed by atoms with E-state index in [-0.39, 0.29) is 17.7 Å². The highest BCUT2D eigenvalue weighted by atomic mass is 32.1. The summed E-state index contributed by atoms with van der Waals surface area (Å²) in [7, 11) is 0. The number of aromatic nitrogens is 1. The van der Waals surface area contributed by atoms with Crippen LogP contribution >= 0.6 is 11.3 Å². The van der Waals surface area contributed by atoms with Crippen LogP contribution in [-0.2, 0) is 4.79 Å². The fourth-order valence-corrected chi connectivity index (χ4v) is 2.60. The van der Waals surface area contributed by atoms with E-state index in [2.05, 4.69) is 15.6 Å². The Hall–Kier alpha value is -2.21. The maximum absolute atomic E-state index is 12.4. The van der Waals surface area contributed by atoms with E-state index in [0.29, 0.717) is 10.7 Å². The molecule has 0 aromatic carbocycles. The number of thiophene rings is 1. The summed E-state index contributed by atoms with van der Waals surface area (Å²) in [5.41, 5.74) is 0.821. The molecule has 0 aliphatic rings. The van der Waals surface area contributed by atoms with Crippen molar-refractivity contribution in [3.63, 3.8) is 0 Å². The molecule has 0 spiro atoms. The molecule has 0 radical (unpaired) electrons. The van der Waals surface area contributed by atoms with Crippen molar-refractivity contribution in [2.24, 2.45) is 5.92 Å². The number of hydrogen-bond acceptors (Lipinski definition) is 4. The number of anilines is 1. The maximum atomic E-state index is 12.4. The quantitative estimate of drug-likeness (QED) is 0.891. The largest absolute Gasteiger partial charge is 0.339 e. The molecule has 0 aliphatic carbocycles. The van der Waals surface area contributed by atoms with Gasteiger partial charge < -0.3 is 10.6 Å². The second-order valence-corrected chi connectivity index (χ2v) is 6.27. The first-order valence-corrected chi connectivity index (χ1v) is 7.94. The van der Waals surface area contributed by atoms with E-state index in [0.717, 1.165) is 5.69 Å². The highest BCUT2D eigenvalue weighted by Gasteiger charge is 2.25. The lowest BCUT2D eigenvalue weighted by molar-refractivity contribution is -0.118. The van der Waals surface area contributed by atoms with Gasteiger partial charge in [-0.2, -0.15) is 0 Å². The smallest absolute Gasteiger partial charge is 0.262 e. The zero-order valence-corrected chi connectivity index (χ0v) is 13.6. The Morgan fingerprint density at radius 1 is 1.18 bits per heavy atom. The van der Waals surface area contributed by atoms with E-state index in [1.54, 1.807) is 18.2 Å². The minimum Gasteiger partial charge on any atom is -0.339 e. The first-order chi connectivity index (χ1) is 10.5. The van der Waals surface area contributed by atoms with E-state index in [4.69, 9.17) is 0 Å². The van der Waals surface area contributed by atoms with Gasteiger partial charge in [0.1, 0.15) is 11.9 Å². The Morgan fingerprint density at radius 2 is 1.95 bits per heavy atom. The van der Waals surface area contributed by atoms with Gasteiger partial charge in [0, 0.05) is 5.69 Å². The summed E-state index contributed by atoms with van der Waals surface area (Å²) in [6, 6.07) is 8.33. The van der Waals surface area contributed by atoms with Crippen molar-refractivity contribution in [3.05, 3.63) is 46.3 Å². The molecule has 1 unspecified atom stereocenters. The van der Waals surface area contributed by atoms with Gasteiger partial charge in [-0.25, -0.2) is 4.98 Å². The van der Waals surface area contributed by atoms with Gasteiger partial charge in [-0.15, -0.1) is 11.3 Å². The van der Waals surface area contributed by atoms with Gasteiger partial charge in [-0.3, -0.25) is 9.59 Å². The van der Waals surface area contributed by atoms with Gasteiger partial charge in [-0.1, -0.05) is 26.0 Å². The fraction of sp³-hybridized carbons (Fsp3) is 0.312.